The number of allylic oxidation sites excluding steroid dienone is 3. The van der Waals surface area contributed by atoms with E-state index in [-0.39, 0.29) is 12.3 Å². The van der Waals surface area contributed by atoms with Crippen LogP contribution in [-0.2, 0) is 21.5 Å². The quantitative estimate of drug-likeness (QED) is 0.0589. The van der Waals surface area contributed by atoms with E-state index in [0.717, 1.165) is 108 Å². The second-order valence-corrected chi connectivity index (χ2v) is 19.0. The highest BCUT2D eigenvalue weighted by Crippen LogP contribution is 2.42. The number of amides is 1. The van der Waals surface area contributed by atoms with E-state index in [1.165, 1.54) is 5.03 Å². The Morgan fingerprint density at radius 3 is 2.39 bits per heavy atom. The number of hydrogen-bond donors (Lipinski definition) is 1. The minimum atomic E-state index is -4.37. The molecule has 2 fully saturated rings. The summed E-state index contributed by atoms with van der Waals surface area (Å²) in [6, 6.07) is 24.6. The SMILES string of the molecule is CCC(=Cc1oc2cc3ccccc3cc2[n+]1CCCS(=O)(=O)[O-])C=C1Oc2cc3ccccc3cc2N1CCCCCC(=O)NCCN1CCSC1=CC=[N+]1CCN(C)CC1. The molecule has 0 aliphatic carbocycles. The molecule has 0 unspecified atom stereocenters. The number of unbranched alkanes of at least 4 members (excludes halogenated alkanes) is 2. The molecular formula is C48H57N6O6S2+. The van der Waals surface area contributed by atoms with E-state index in [4.69, 9.17) is 9.15 Å². The molecule has 0 saturated carbocycles. The molecule has 3 aliphatic heterocycles. The number of nitrogens with one attached hydrogen (secondary N) is 1. The number of rotatable bonds is 17. The monoisotopic (exact) mass is 877 g/mol. The van der Waals surface area contributed by atoms with Crippen LogP contribution in [0.2, 0.25) is 0 Å². The van der Waals surface area contributed by atoms with E-state index in [1.807, 2.05) is 70.9 Å². The zero-order valence-electron chi connectivity index (χ0n) is 35.8. The lowest BCUT2D eigenvalue weighted by molar-refractivity contribution is -0.677. The number of piperazine rings is 1. The second kappa shape index (κ2) is 19.9. The van der Waals surface area contributed by atoms with Crippen LogP contribution in [0.4, 0.5) is 5.69 Å². The van der Waals surface area contributed by atoms with Crippen LogP contribution in [0.5, 0.6) is 5.75 Å². The van der Waals surface area contributed by atoms with Gasteiger partial charge in [0.1, 0.15) is 0 Å². The van der Waals surface area contributed by atoms with Gasteiger partial charge in [-0.25, -0.2) is 13.0 Å². The van der Waals surface area contributed by atoms with Gasteiger partial charge in [-0.05, 0) is 71.6 Å². The molecule has 0 radical (unpaired) electrons. The molecule has 4 aromatic carbocycles. The molecule has 8 rings (SSSR count). The standard InChI is InChI=1S/C48H56N6O6S2/c1-3-36(31-47-54(20-11-29-62(56,57)58)42-33-38-13-7-9-15-40(38)35-44(42)60-47)30-46-53(41-32-37-12-6-8-14-39(37)34-43(41)59-46)19-10-4-5-16-45(55)49-18-22-52-27-28-61-48(52)17-21-51-25-23-50(2)24-26-51/h6-9,12-15,17,21,30-35H,3-5,10-11,16,18-20,22-29H2,1-2H3/p+1. The Labute approximate surface area is 368 Å². The van der Waals surface area contributed by atoms with Gasteiger partial charge in [0, 0.05) is 68.7 Å². The Hall–Kier alpha value is -5.15. The Morgan fingerprint density at radius 1 is 0.919 bits per heavy atom. The first-order valence-corrected chi connectivity index (χ1v) is 24.5. The molecule has 62 heavy (non-hydrogen) atoms. The number of carbonyl (C=O) groups is 1. The number of hydrogen-bond acceptors (Lipinski definition) is 10. The fourth-order valence-electron chi connectivity index (χ4n) is 8.34. The first-order valence-electron chi connectivity index (χ1n) is 21.9. The number of ether oxygens (including phenoxy) is 1. The summed E-state index contributed by atoms with van der Waals surface area (Å²) in [5, 5.41) is 8.74. The largest absolute Gasteiger partial charge is 0.748 e. The predicted molar refractivity (Wildman–Crippen MR) is 249 cm³/mol. The van der Waals surface area contributed by atoms with Crippen molar-refractivity contribution >= 4 is 78.4 Å². The number of fused-ring (bicyclic) bond motifs is 4. The first-order chi connectivity index (χ1) is 30.1. The van der Waals surface area contributed by atoms with Gasteiger partial charge < -0.3 is 28.8 Å². The Kier molecular flexibility index (Phi) is 14.0. The van der Waals surface area contributed by atoms with Crippen molar-refractivity contribution in [1.29, 1.82) is 0 Å². The van der Waals surface area contributed by atoms with Crippen LogP contribution in [0.15, 0.2) is 106 Å². The highest BCUT2D eigenvalue weighted by molar-refractivity contribution is 8.03. The molecule has 326 valence electrons. The van der Waals surface area contributed by atoms with Crippen LogP contribution in [0.1, 0.15) is 51.3 Å². The summed E-state index contributed by atoms with van der Waals surface area (Å²) in [5.41, 5.74) is 3.46. The fourth-order valence-corrected chi connectivity index (χ4v) is 9.87. The van der Waals surface area contributed by atoms with Gasteiger partial charge in [-0.2, -0.15) is 4.57 Å². The molecule has 0 bridgehead atoms. The van der Waals surface area contributed by atoms with Crippen molar-refractivity contribution in [3.8, 4) is 5.75 Å². The van der Waals surface area contributed by atoms with Gasteiger partial charge in [-0.1, -0.05) is 61.9 Å². The number of carbonyl (C=O) groups excluding carboxylic acids is 1. The van der Waals surface area contributed by atoms with Gasteiger partial charge in [0.05, 0.1) is 40.0 Å². The van der Waals surface area contributed by atoms with Crippen molar-refractivity contribution in [2.75, 3.05) is 75.8 Å². The van der Waals surface area contributed by atoms with Crippen molar-refractivity contribution < 1.29 is 36.1 Å². The number of thioether (sulfide) groups is 1. The Bertz CT molecular complexity index is 2660. The highest BCUT2D eigenvalue weighted by Gasteiger charge is 2.28. The maximum atomic E-state index is 12.9. The maximum absolute atomic E-state index is 12.9. The van der Waals surface area contributed by atoms with Crippen LogP contribution in [0.25, 0.3) is 38.7 Å². The van der Waals surface area contributed by atoms with E-state index in [2.05, 4.69) is 81.2 Å². The predicted octanol–water partition coefficient (Wildman–Crippen LogP) is 7.09. The summed E-state index contributed by atoms with van der Waals surface area (Å²) in [4.78, 5) is 19.9. The summed E-state index contributed by atoms with van der Waals surface area (Å²) < 4.78 is 52.0. The molecule has 1 amide bonds. The second-order valence-electron chi connectivity index (χ2n) is 16.3. The molecule has 1 N–H and O–H groups in total. The molecule has 14 heteroatoms. The van der Waals surface area contributed by atoms with Crippen molar-refractivity contribution in [3.05, 3.63) is 107 Å². The maximum Gasteiger partial charge on any atom is 0.374 e. The van der Waals surface area contributed by atoms with E-state index >= 15 is 0 Å². The van der Waals surface area contributed by atoms with Crippen molar-refractivity contribution in [1.82, 2.24) is 15.1 Å². The molecule has 3 aliphatic rings. The van der Waals surface area contributed by atoms with Crippen molar-refractivity contribution in [2.24, 2.45) is 0 Å². The number of likely N-dealkylation sites (N-methyl/N-ethyl adjacent to an activating group) is 1. The summed E-state index contributed by atoms with van der Waals surface area (Å²) >= 11 is 1.89. The fraction of sp³-hybridized carbons (Fsp3) is 0.396. The van der Waals surface area contributed by atoms with Gasteiger partial charge in [-0.15, -0.1) is 11.8 Å². The summed E-state index contributed by atoms with van der Waals surface area (Å²) in [7, 11) is -2.19. The zero-order chi connectivity index (χ0) is 43.1. The topological polar surface area (TPSA) is 125 Å². The average Bonchev–Trinajstić information content (AvgIpc) is 3.95. The van der Waals surface area contributed by atoms with E-state index in [9.17, 15) is 17.8 Å². The lowest BCUT2D eigenvalue weighted by atomic mass is 10.1. The van der Waals surface area contributed by atoms with Gasteiger partial charge in [0.15, 0.2) is 31.6 Å². The van der Waals surface area contributed by atoms with Crippen LogP contribution in [0, 0.1) is 0 Å². The highest BCUT2D eigenvalue weighted by atomic mass is 32.2. The number of anilines is 1. The van der Waals surface area contributed by atoms with Crippen molar-refractivity contribution in [3.63, 3.8) is 0 Å². The normalized spacial score (nSPS) is 17.5. The van der Waals surface area contributed by atoms with Crippen LogP contribution in [0.3, 0.4) is 0 Å². The Balaban J connectivity index is 0.930. The van der Waals surface area contributed by atoms with Crippen LogP contribution < -0.4 is 19.5 Å². The zero-order valence-corrected chi connectivity index (χ0v) is 37.4. The summed E-state index contributed by atoms with van der Waals surface area (Å²) in [5.74, 6) is 2.78. The molecule has 4 heterocycles. The van der Waals surface area contributed by atoms with E-state index in [1.54, 1.807) is 0 Å². The molecule has 0 atom stereocenters. The number of aryl methyl sites for hydroxylation is 1. The molecule has 1 aromatic heterocycles. The van der Waals surface area contributed by atoms with Crippen molar-refractivity contribution in [2.45, 2.75) is 52.0 Å². The van der Waals surface area contributed by atoms with Crippen LogP contribution in [-0.4, -0.2) is 110 Å². The molecule has 12 nitrogen and oxygen atoms in total. The number of aromatic nitrogens is 1. The third kappa shape index (κ3) is 10.9. The summed E-state index contributed by atoms with van der Waals surface area (Å²) in [6.07, 6.45) is 12.4. The number of oxazole rings is 1. The molecule has 2 saturated heterocycles. The third-order valence-electron chi connectivity index (χ3n) is 11.9. The van der Waals surface area contributed by atoms with Gasteiger partial charge in [0.25, 0.3) is 5.52 Å². The third-order valence-corrected chi connectivity index (χ3v) is 13.7. The first kappa shape index (κ1) is 43.5. The lowest BCUT2D eigenvalue weighted by Gasteiger charge is -2.20. The Morgan fingerprint density at radius 2 is 1.65 bits per heavy atom. The van der Waals surface area contributed by atoms with E-state index in [0.29, 0.717) is 49.8 Å². The lowest BCUT2D eigenvalue weighted by Crippen LogP contribution is -2.39. The molecular weight excluding hydrogens is 821 g/mol. The smallest absolute Gasteiger partial charge is 0.374 e. The van der Waals surface area contributed by atoms with Gasteiger partial charge >= 0.3 is 5.89 Å². The van der Waals surface area contributed by atoms with Crippen LogP contribution >= 0.6 is 11.8 Å². The minimum Gasteiger partial charge on any atom is -0.748 e. The number of nitrogens with zero attached hydrogens (tertiary/aromatic N) is 5. The number of benzene rings is 4. The average molecular weight is 878 g/mol. The summed E-state index contributed by atoms with van der Waals surface area (Å²) in [6.45, 7) is 9.84. The van der Waals surface area contributed by atoms with E-state index < -0.39 is 15.9 Å². The minimum absolute atomic E-state index is 0.0941. The van der Waals surface area contributed by atoms with Gasteiger partial charge in [-0.3, -0.25) is 9.69 Å². The molecule has 0 spiro atoms. The van der Waals surface area contributed by atoms with Gasteiger partial charge in [0.2, 0.25) is 17.4 Å². The molecule has 5 aromatic rings.